The van der Waals surface area contributed by atoms with Crippen molar-refractivity contribution in [3.05, 3.63) is 20.8 Å². The Morgan fingerprint density at radius 3 is 3.00 bits per heavy atom. The van der Waals surface area contributed by atoms with Gasteiger partial charge in [0.2, 0.25) is 0 Å². The third-order valence-electron chi connectivity index (χ3n) is 1.95. The average Bonchev–Trinajstić information content (AvgIpc) is 2.61. The average molecular weight is 292 g/mol. The quantitative estimate of drug-likeness (QED) is 0.848. The summed E-state index contributed by atoms with van der Waals surface area (Å²) in [7, 11) is 1.41. The molecule has 84 valence electrons. The lowest BCUT2D eigenvalue weighted by atomic mass is 10.2. The highest BCUT2D eigenvalue weighted by Gasteiger charge is 2.08. The van der Waals surface area contributed by atoms with Crippen LogP contribution >= 0.6 is 27.3 Å². The molecule has 0 aliphatic carbocycles. The Balaban J connectivity index is 2.28. The summed E-state index contributed by atoms with van der Waals surface area (Å²) in [4.78, 5) is 12.2. The van der Waals surface area contributed by atoms with Gasteiger partial charge >= 0.3 is 5.97 Å². The normalized spacial score (nSPS) is 12.5. The molecule has 0 saturated carbocycles. The van der Waals surface area contributed by atoms with E-state index in [1.165, 1.54) is 12.0 Å². The molecule has 15 heavy (non-hydrogen) atoms. The molecule has 0 bridgehead atoms. The van der Waals surface area contributed by atoms with Crippen molar-refractivity contribution in [1.29, 1.82) is 0 Å². The van der Waals surface area contributed by atoms with E-state index in [0.717, 1.165) is 11.0 Å². The van der Waals surface area contributed by atoms with Gasteiger partial charge in [0.1, 0.15) is 0 Å². The molecule has 1 aromatic heterocycles. The second-order valence-electron chi connectivity index (χ2n) is 3.29. The van der Waals surface area contributed by atoms with E-state index in [2.05, 4.69) is 32.0 Å². The van der Waals surface area contributed by atoms with Crippen molar-refractivity contribution in [2.24, 2.45) is 0 Å². The van der Waals surface area contributed by atoms with Gasteiger partial charge in [0.25, 0.3) is 0 Å². The topological polar surface area (TPSA) is 38.3 Å². The lowest BCUT2D eigenvalue weighted by molar-refractivity contribution is -0.141. The summed E-state index contributed by atoms with van der Waals surface area (Å²) in [6.45, 7) is 2.76. The lowest BCUT2D eigenvalue weighted by Gasteiger charge is -2.11. The number of halogens is 1. The fourth-order valence-electron chi connectivity index (χ4n) is 1.13. The highest BCUT2D eigenvalue weighted by Crippen LogP contribution is 2.19. The predicted molar refractivity (Wildman–Crippen MR) is 65.0 cm³/mol. The Morgan fingerprint density at radius 2 is 2.47 bits per heavy atom. The highest BCUT2D eigenvalue weighted by molar-refractivity contribution is 9.10. The number of methoxy groups -OCH3 is 1. The van der Waals surface area contributed by atoms with Crippen LogP contribution in [0.1, 0.15) is 18.2 Å². The molecule has 0 saturated heterocycles. The van der Waals surface area contributed by atoms with Gasteiger partial charge in [0, 0.05) is 27.3 Å². The van der Waals surface area contributed by atoms with Crippen LogP contribution in [0.25, 0.3) is 0 Å². The number of ether oxygens (including phenoxy) is 1. The van der Waals surface area contributed by atoms with Gasteiger partial charge in [-0.25, -0.2) is 0 Å². The van der Waals surface area contributed by atoms with E-state index >= 15 is 0 Å². The van der Waals surface area contributed by atoms with Gasteiger partial charge in [-0.2, -0.15) is 0 Å². The Hall–Kier alpha value is -0.390. The third-order valence-corrected chi connectivity index (χ3v) is 3.64. The van der Waals surface area contributed by atoms with Crippen LogP contribution in [0.15, 0.2) is 15.9 Å². The highest BCUT2D eigenvalue weighted by atomic mass is 79.9. The first-order valence-corrected chi connectivity index (χ1v) is 6.32. The second kappa shape index (κ2) is 6.25. The van der Waals surface area contributed by atoms with Gasteiger partial charge in [0.15, 0.2) is 0 Å². The number of rotatable bonds is 5. The molecule has 1 rings (SSSR count). The summed E-state index contributed by atoms with van der Waals surface area (Å²) < 4.78 is 5.69. The number of carbonyl (C=O) groups excluding carboxylic acids is 1. The molecule has 1 unspecified atom stereocenters. The van der Waals surface area contributed by atoms with Crippen LogP contribution in [0, 0.1) is 0 Å². The fraction of sp³-hybridized carbons (Fsp3) is 0.500. The van der Waals surface area contributed by atoms with Crippen molar-refractivity contribution in [2.75, 3.05) is 7.11 Å². The van der Waals surface area contributed by atoms with Crippen LogP contribution < -0.4 is 5.32 Å². The molecule has 1 N–H and O–H groups in total. The maximum Gasteiger partial charge on any atom is 0.307 e. The lowest BCUT2D eigenvalue weighted by Crippen LogP contribution is -2.28. The Kier molecular flexibility index (Phi) is 5.28. The number of hydrogen-bond acceptors (Lipinski definition) is 4. The third kappa shape index (κ3) is 4.77. The summed E-state index contributed by atoms with van der Waals surface area (Å²) >= 11 is 5.09. The van der Waals surface area contributed by atoms with Gasteiger partial charge in [0.05, 0.1) is 13.5 Å². The van der Waals surface area contributed by atoms with Gasteiger partial charge in [-0.3, -0.25) is 4.79 Å². The van der Waals surface area contributed by atoms with Crippen LogP contribution in [0.3, 0.4) is 0 Å². The van der Waals surface area contributed by atoms with Crippen LogP contribution in [-0.4, -0.2) is 19.1 Å². The number of esters is 1. The maximum atomic E-state index is 11.0. The summed E-state index contributed by atoms with van der Waals surface area (Å²) in [6, 6.07) is 2.21. The van der Waals surface area contributed by atoms with Crippen molar-refractivity contribution < 1.29 is 9.53 Å². The zero-order chi connectivity index (χ0) is 11.3. The van der Waals surface area contributed by atoms with E-state index in [1.807, 2.05) is 12.3 Å². The predicted octanol–water partition coefficient (Wildman–Crippen LogP) is 2.55. The number of thiophene rings is 1. The monoisotopic (exact) mass is 291 g/mol. The van der Waals surface area contributed by atoms with Gasteiger partial charge in [-0.1, -0.05) is 0 Å². The molecule has 0 radical (unpaired) electrons. The molecule has 0 fully saturated rings. The molecular formula is C10H14BrNO2S. The molecule has 3 nitrogen and oxygen atoms in total. The van der Waals surface area contributed by atoms with Crippen molar-refractivity contribution in [2.45, 2.75) is 25.9 Å². The SMILES string of the molecule is COC(=O)CC(C)NCc1cc(Br)cs1. The number of nitrogens with one attached hydrogen (secondary N) is 1. The summed E-state index contributed by atoms with van der Waals surface area (Å²) in [6.07, 6.45) is 0.406. The summed E-state index contributed by atoms with van der Waals surface area (Å²) in [5.74, 6) is -0.178. The van der Waals surface area contributed by atoms with E-state index in [4.69, 9.17) is 0 Å². The smallest absolute Gasteiger partial charge is 0.307 e. The van der Waals surface area contributed by atoms with Crippen LogP contribution in [0.4, 0.5) is 0 Å². The van der Waals surface area contributed by atoms with E-state index in [1.54, 1.807) is 11.3 Å². The van der Waals surface area contributed by atoms with E-state index in [9.17, 15) is 4.79 Å². The molecule has 0 aliphatic heterocycles. The first-order chi connectivity index (χ1) is 7.11. The van der Waals surface area contributed by atoms with E-state index < -0.39 is 0 Å². The Labute approximate surface area is 102 Å². The summed E-state index contributed by atoms with van der Waals surface area (Å²) in [5, 5.41) is 5.31. The van der Waals surface area contributed by atoms with E-state index in [0.29, 0.717) is 6.42 Å². The molecule has 1 heterocycles. The molecule has 0 aliphatic rings. The van der Waals surface area contributed by atoms with Gasteiger partial charge < -0.3 is 10.1 Å². The maximum absolute atomic E-state index is 11.0. The first kappa shape index (κ1) is 12.7. The number of carbonyl (C=O) groups is 1. The van der Waals surface area contributed by atoms with Crippen LogP contribution in [-0.2, 0) is 16.1 Å². The zero-order valence-electron chi connectivity index (χ0n) is 8.75. The molecule has 5 heteroatoms. The molecule has 0 amide bonds. The van der Waals surface area contributed by atoms with E-state index in [-0.39, 0.29) is 12.0 Å². The minimum absolute atomic E-state index is 0.137. The molecule has 0 spiro atoms. The molecule has 0 aromatic carbocycles. The van der Waals surface area contributed by atoms with Crippen molar-refractivity contribution in [1.82, 2.24) is 5.32 Å². The molecule has 1 aromatic rings. The van der Waals surface area contributed by atoms with Crippen molar-refractivity contribution in [3.8, 4) is 0 Å². The zero-order valence-corrected chi connectivity index (χ0v) is 11.2. The Bertz CT molecular complexity index is 327. The largest absolute Gasteiger partial charge is 0.469 e. The summed E-state index contributed by atoms with van der Waals surface area (Å²) in [5.41, 5.74) is 0. The van der Waals surface area contributed by atoms with Gasteiger partial charge in [-0.15, -0.1) is 11.3 Å². The Morgan fingerprint density at radius 1 is 1.73 bits per heavy atom. The molecular weight excluding hydrogens is 278 g/mol. The second-order valence-corrected chi connectivity index (χ2v) is 5.20. The standard InChI is InChI=1S/C10H14BrNO2S/c1-7(3-10(13)14-2)12-5-9-4-8(11)6-15-9/h4,6-7,12H,3,5H2,1-2H3. The van der Waals surface area contributed by atoms with Crippen LogP contribution in [0.2, 0.25) is 0 Å². The number of hydrogen-bond donors (Lipinski definition) is 1. The van der Waals surface area contributed by atoms with Gasteiger partial charge in [-0.05, 0) is 28.9 Å². The molecule has 1 atom stereocenters. The minimum atomic E-state index is -0.178. The first-order valence-electron chi connectivity index (χ1n) is 4.65. The minimum Gasteiger partial charge on any atom is -0.469 e. The fourth-order valence-corrected chi connectivity index (χ4v) is 2.53. The van der Waals surface area contributed by atoms with Crippen LogP contribution in [0.5, 0.6) is 0 Å². The van der Waals surface area contributed by atoms with Crippen molar-refractivity contribution in [3.63, 3.8) is 0 Å². The van der Waals surface area contributed by atoms with Crippen molar-refractivity contribution >= 4 is 33.2 Å².